The van der Waals surface area contributed by atoms with Gasteiger partial charge >= 0.3 is 0 Å². The van der Waals surface area contributed by atoms with E-state index in [0.717, 1.165) is 24.8 Å². The van der Waals surface area contributed by atoms with Crippen LogP contribution in [0.4, 0.5) is 5.69 Å². The lowest BCUT2D eigenvalue weighted by atomic mass is 10.1. The number of rotatable bonds is 11. The smallest absolute Gasteiger partial charge is 0.244 e. The Kier molecular flexibility index (Phi) is 8.51. The van der Waals surface area contributed by atoms with E-state index in [2.05, 4.69) is 12.2 Å². The molecule has 1 atom stereocenters. The highest BCUT2D eigenvalue weighted by atomic mass is 32.2. The zero-order chi connectivity index (χ0) is 21.3. The van der Waals surface area contributed by atoms with E-state index in [4.69, 9.17) is 4.74 Å². The van der Waals surface area contributed by atoms with Crippen molar-refractivity contribution in [2.75, 3.05) is 23.7 Å². The van der Waals surface area contributed by atoms with Gasteiger partial charge in [-0.3, -0.25) is 9.10 Å². The van der Waals surface area contributed by atoms with Crippen LogP contribution in [0.2, 0.25) is 0 Å². The Morgan fingerprint density at radius 3 is 2.28 bits per heavy atom. The highest BCUT2D eigenvalue weighted by Gasteiger charge is 2.31. The summed E-state index contributed by atoms with van der Waals surface area (Å²) in [5.74, 6) is 0.400. The molecule has 0 aliphatic heterocycles. The first-order valence-corrected chi connectivity index (χ1v) is 11.8. The van der Waals surface area contributed by atoms with Gasteiger partial charge in [0.2, 0.25) is 15.9 Å². The summed E-state index contributed by atoms with van der Waals surface area (Å²) in [7, 11) is -3.62. The van der Waals surface area contributed by atoms with Crippen molar-refractivity contribution >= 4 is 21.6 Å². The summed E-state index contributed by atoms with van der Waals surface area (Å²) in [6.45, 7) is 4.52. The van der Waals surface area contributed by atoms with Gasteiger partial charge in [0.15, 0.2) is 0 Å². The van der Waals surface area contributed by atoms with Crippen LogP contribution in [-0.4, -0.2) is 39.8 Å². The van der Waals surface area contributed by atoms with Gasteiger partial charge in [0.25, 0.3) is 0 Å². The molecule has 2 rings (SSSR count). The minimum absolute atomic E-state index is 0.290. The van der Waals surface area contributed by atoms with Crippen molar-refractivity contribution in [3.63, 3.8) is 0 Å². The molecule has 0 radical (unpaired) electrons. The average molecular weight is 419 g/mol. The number of aryl methyl sites for hydroxylation is 1. The van der Waals surface area contributed by atoms with Gasteiger partial charge in [0.05, 0.1) is 18.5 Å². The summed E-state index contributed by atoms with van der Waals surface area (Å²) in [6.07, 6.45) is 3.60. The number of nitrogens with zero attached hydrogens (tertiary/aromatic N) is 1. The van der Waals surface area contributed by atoms with E-state index in [1.54, 1.807) is 37.3 Å². The third kappa shape index (κ3) is 6.78. The van der Waals surface area contributed by atoms with E-state index < -0.39 is 16.1 Å². The second-order valence-corrected chi connectivity index (χ2v) is 8.71. The van der Waals surface area contributed by atoms with Gasteiger partial charge in [-0.15, -0.1) is 0 Å². The van der Waals surface area contributed by atoms with Crippen LogP contribution in [0.1, 0.15) is 32.3 Å². The molecule has 1 unspecified atom stereocenters. The minimum atomic E-state index is -3.62. The number of carbonyl (C=O) groups is 1. The second-order valence-electron chi connectivity index (χ2n) is 6.85. The van der Waals surface area contributed by atoms with Crippen molar-refractivity contribution in [1.29, 1.82) is 0 Å². The van der Waals surface area contributed by atoms with E-state index in [0.29, 0.717) is 25.3 Å². The van der Waals surface area contributed by atoms with E-state index in [1.807, 2.05) is 24.3 Å². The number of anilines is 1. The van der Waals surface area contributed by atoms with E-state index in [9.17, 15) is 13.2 Å². The number of amides is 1. The zero-order valence-corrected chi connectivity index (χ0v) is 18.1. The third-order valence-corrected chi connectivity index (χ3v) is 5.65. The molecule has 158 valence electrons. The summed E-state index contributed by atoms with van der Waals surface area (Å²) in [5.41, 5.74) is 1.74. The maximum absolute atomic E-state index is 12.7. The number of para-hydroxylation sites is 1. The predicted octanol–water partition coefficient (Wildman–Crippen LogP) is 3.38. The maximum Gasteiger partial charge on any atom is 0.244 e. The second kappa shape index (κ2) is 10.9. The van der Waals surface area contributed by atoms with Crippen LogP contribution in [0.15, 0.2) is 54.6 Å². The molecule has 0 saturated heterocycles. The molecular formula is C22H30N2O4S. The average Bonchev–Trinajstić information content (AvgIpc) is 2.70. The Hall–Kier alpha value is -2.54. The summed E-state index contributed by atoms with van der Waals surface area (Å²) < 4.78 is 31.5. The molecular weight excluding hydrogens is 388 g/mol. The van der Waals surface area contributed by atoms with Gasteiger partial charge < -0.3 is 10.1 Å². The molecule has 0 fully saturated rings. The van der Waals surface area contributed by atoms with Gasteiger partial charge in [-0.1, -0.05) is 50.6 Å². The van der Waals surface area contributed by atoms with Crippen molar-refractivity contribution < 1.29 is 17.9 Å². The highest BCUT2D eigenvalue weighted by molar-refractivity contribution is 7.92. The lowest BCUT2D eigenvalue weighted by Crippen LogP contribution is -2.49. The number of nitrogens with one attached hydrogen (secondary N) is 1. The molecule has 2 aromatic rings. The van der Waals surface area contributed by atoms with Crippen LogP contribution < -0.4 is 14.4 Å². The first-order chi connectivity index (χ1) is 13.9. The van der Waals surface area contributed by atoms with Gasteiger partial charge in [-0.25, -0.2) is 8.42 Å². The summed E-state index contributed by atoms with van der Waals surface area (Å²) >= 11 is 0. The number of benzene rings is 2. The van der Waals surface area contributed by atoms with Crippen LogP contribution in [0.25, 0.3) is 0 Å². The maximum atomic E-state index is 12.7. The van der Waals surface area contributed by atoms with Gasteiger partial charge in [-0.2, -0.15) is 0 Å². The molecule has 0 saturated carbocycles. The lowest BCUT2D eigenvalue weighted by molar-refractivity contribution is -0.122. The fourth-order valence-corrected chi connectivity index (χ4v) is 4.35. The minimum Gasteiger partial charge on any atom is -0.492 e. The Balaban J connectivity index is 1.94. The molecule has 0 heterocycles. The quantitative estimate of drug-likeness (QED) is 0.568. The van der Waals surface area contributed by atoms with Crippen molar-refractivity contribution in [3.8, 4) is 5.75 Å². The molecule has 1 N–H and O–H groups in total. The molecule has 7 heteroatoms. The lowest BCUT2D eigenvalue weighted by Gasteiger charge is -2.30. The zero-order valence-electron chi connectivity index (χ0n) is 17.3. The van der Waals surface area contributed by atoms with Crippen LogP contribution in [0.3, 0.4) is 0 Å². The van der Waals surface area contributed by atoms with Gasteiger partial charge in [-0.05, 0) is 42.7 Å². The molecule has 0 aliphatic rings. The van der Waals surface area contributed by atoms with Crippen molar-refractivity contribution in [3.05, 3.63) is 60.2 Å². The van der Waals surface area contributed by atoms with Crippen molar-refractivity contribution in [1.82, 2.24) is 5.32 Å². The Labute approximate surface area is 173 Å². The van der Waals surface area contributed by atoms with E-state index in [-0.39, 0.29) is 5.91 Å². The number of sulfonamides is 1. The SMILES string of the molecule is CCCc1ccc(OCCNC(=O)C(CC)N(c2ccccc2)S(C)(=O)=O)cc1. The first-order valence-electron chi connectivity index (χ1n) is 9.90. The Morgan fingerprint density at radius 1 is 1.07 bits per heavy atom. The van der Waals surface area contributed by atoms with E-state index >= 15 is 0 Å². The third-order valence-electron chi connectivity index (χ3n) is 4.47. The highest BCUT2D eigenvalue weighted by Crippen LogP contribution is 2.22. The van der Waals surface area contributed by atoms with Crippen LogP contribution in [0.5, 0.6) is 5.75 Å². The predicted molar refractivity (Wildman–Crippen MR) is 117 cm³/mol. The normalized spacial score (nSPS) is 12.2. The standard InChI is InChI=1S/C22H30N2O4S/c1-4-9-18-12-14-20(15-13-18)28-17-16-23-22(25)21(5-2)24(29(3,26)27)19-10-7-6-8-11-19/h6-8,10-15,21H,4-5,9,16-17H2,1-3H3,(H,23,25). The van der Waals surface area contributed by atoms with Crippen LogP contribution >= 0.6 is 0 Å². The molecule has 1 amide bonds. The van der Waals surface area contributed by atoms with Gasteiger partial charge in [0, 0.05) is 0 Å². The van der Waals surface area contributed by atoms with E-state index in [1.165, 1.54) is 9.87 Å². The van der Waals surface area contributed by atoms with Crippen molar-refractivity contribution in [2.45, 2.75) is 39.2 Å². The molecule has 2 aromatic carbocycles. The first kappa shape index (κ1) is 22.7. The monoisotopic (exact) mass is 418 g/mol. The molecule has 6 nitrogen and oxygen atoms in total. The van der Waals surface area contributed by atoms with Crippen LogP contribution in [-0.2, 0) is 21.2 Å². The number of ether oxygens (including phenoxy) is 1. The fraction of sp³-hybridized carbons (Fsp3) is 0.409. The molecule has 0 spiro atoms. The fourth-order valence-electron chi connectivity index (χ4n) is 3.14. The number of carbonyl (C=O) groups excluding carboxylic acids is 1. The molecule has 0 bridgehead atoms. The Morgan fingerprint density at radius 2 is 1.72 bits per heavy atom. The number of hydrogen-bond acceptors (Lipinski definition) is 4. The summed E-state index contributed by atoms with van der Waals surface area (Å²) in [6, 6.07) is 15.8. The summed E-state index contributed by atoms with van der Waals surface area (Å²) in [5, 5.41) is 2.79. The van der Waals surface area contributed by atoms with Crippen LogP contribution in [0, 0.1) is 0 Å². The largest absolute Gasteiger partial charge is 0.492 e. The Bertz CT molecular complexity index is 867. The molecule has 29 heavy (non-hydrogen) atoms. The molecule has 0 aliphatic carbocycles. The number of hydrogen-bond donors (Lipinski definition) is 1. The summed E-state index contributed by atoms with van der Waals surface area (Å²) in [4.78, 5) is 12.7. The van der Waals surface area contributed by atoms with Gasteiger partial charge in [0.1, 0.15) is 18.4 Å². The molecule has 0 aromatic heterocycles. The topological polar surface area (TPSA) is 75.7 Å². The van der Waals surface area contributed by atoms with Crippen molar-refractivity contribution in [2.24, 2.45) is 0 Å².